The maximum Gasteiger partial charge on any atom is 0.339 e. The predicted octanol–water partition coefficient (Wildman–Crippen LogP) is 11.5. The zero-order chi connectivity index (χ0) is 63.2. The van der Waals surface area contributed by atoms with Crippen LogP contribution in [0.25, 0.3) is 0 Å². The summed E-state index contributed by atoms with van der Waals surface area (Å²) in [7, 11) is 0. The van der Waals surface area contributed by atoms with Crippen LogP contribution < -0.4 is 21.7 Å². The third kappa shape index (κ3) is 17.7. The van der Waals surface area contributed by atoms with Crippen molar-refractivity contribution in [2.75, 3.05) is 16.0 Å². The molecule has 0 unspecified atom stereocenters. The van der Waals surface area contributed by atoms with E-state index in [1.165, 1.54) is 29.3 Å². The summed E-state index contributed by atoms with van der Waals surface area (Å²) in [5.74, 6) is -7.22. The average Bonchev–Trinajstić information content (AvgIpc) is 3.48. The van der Waals surface area contributed by atoms with Gasteiger partial charge in [0, 0.05) is 53.6 Å². The van der Waals surface area contributed by atoms with Crippen molar-refractivity contribution in [3.05, 3.63) is 142 Å². The number of carbonyl (C=O) groups excluding carboxylic acids is 5. The number of anilines is 3. The van der Waals surface area contributed by atoms with Crippen LogP contribution in [-0.2, 0) is 39.3 Å². The van der Waals surface area contributed by atoms with Crippen LogP contribution >= 0.6 is 0 Å². The van der Waals surface area contributed by atoms with E-state index < -0.39 is 59.0 Å². The van der Waals surface area contributed by atoms with Gasteiger partial charge in [-0.25, -0.2) is 45.5 Å². The van der Waals surface area contributed by atoms with Gasteiger partial charge in [-0.05, 0) is 88.8 Å². The molecule has 0 aliphatic carbocycles. The fourth-order valence-electron chi connectivity index (χ4n) is 9.12. The second-order valence-electron chi connectivity index (χ2n) is 24.7. The van der Waals surface area contributed by atoms with E-state index in [0.717, 1.165) is 36.4 Å². The van der Waals surface area contributed by atoms with E-state index in [1.54, 1.807) is 43.2 Å². The summed E-state index contributed by atoms with van der Waals surface area (Å²) < 4.78 is 84.2. The molecule has 0 fully saturated rings. The Kier molecular flexibility index (Phi) is 20.5. The number of Topliss-reactive ketones (excluding diaryl/α,β-unsaturated/α-hetero) is 2. The number of urea groups is 3. The smallest absolute Gasteiger partial charge is 0.339 e. The number of carboxylic acids is 1. The fraction of sp³-hybridized carbons (Fsp3) is 0.441. The molecular weight excluding hydrogens is 1120 g/mol. The van der Waals surface area contributed by atoms with E-state index >= 15 is 0 Å². The highest BCUT2D eigenvalue weighted by Gasteiger charge is 2.35. The van der Waals surface area contributed by atoms with Crippen molar-refractivity contribution in [1.82, 2.24) is 44.0 Å². The molecule has 26 heteroatoms. The first-order valence-corrected chi connectivity index (χ1v) is 27.3. The van der Waals surface area contributed by atoms with Crippen molar-refractivity contribution in [2.45, 2.75) is 159 Å². The summed E-state index contributed by atoms with van der Waals surface area (Å²) in [4.78, 5) is 78.9. The number of carboxylic acid groups (broad SMARTS) is 1. The van der Waals surface area contributed by atoms with E-state index in [-0.39, 0.29) is 88.3 Å². The monoisotopic (exact) mass is 1190 g/mol. The van der Waals surface area contributed by atoms with Crippen LogP contribution in [0, 0.1) is 45.7 Å². The summed E-state index contributed by atoms with van der Waals surface area (Å²) in [5.41, 5.74) is 8.36. The number of halogens is 6. The van der Waals surface area contributed by atoms with Gasteiger partial charge in [0.1, 0.15) is 5.56 Å². The molecule has 20 nitrogen and oxygen atoms in total. The molecule has 3 aromatic carbocycles. The Bertz CT molecular complexity index is 3300. The molecule has 3 aliphatic rings. The van der Waals surface area contributed by atoms with Crippen molar-refractivity contribution in [3.8, 4) is 0 Å². The van der Waals surface area contributed by atoms with Gasteiger partial charge in [0.05, 0.1) is 104 Å². The SMILES string of the molecule is CC(C)(C)N.C[C@H]1Cn2ncc(C(=O)CC(C)(C)C)c2CN1C(=O)Nc1ccc(F)c(F)c1.C[C@H]1Cn2ncc(C(=O)CC(C)(C)C)c2CN1C(=O)Nc1ccc(F)c(F)c1.C[C@H]1Cn2ncc(C(=O)O)c2CN1C(=O)Nc1ccc(F)c(F)c1. The number of carbonyl (C=O) groups is 6. The standard InChI is InChI=1S/2C20H24F2N4O2.C15H14F2N4O3.C4H11N/c2*1-12-10-26-17(14(9-23-26)18(27)8-20(2,3)4)11-25(12)19(28)24-13-5-6-15(21)16(22)7-13;1-8-6-21-13(10(5-18-21)14(22)23)7-20(8)15(24)19-9-2-3-11(16)12(17)4-9;1-4(2,3)5/h2*5-7,9,12H,8,10-11H2,1-4H3,(H,24,28);2-5,8H,6-7H2,1H3,(H,19,24)(H,22,23);5H2,1-3H3/t2*12-;8-;/m000./s1. The number of amides is 6. The van der Waals surface area contributed by atoms with E-state index in [0.29, 0.717) is 60.7 Å². The van der Waals surface area contributed by atoms with Crippen LogP contribution in [0.5, 0.6) is 0 Å². The number of hydrogen-bond acceptors (Lipinski definition) is 10. The lowest BCUT2D eigenvalue weighted by molar-refractivity contribution is 0.0690. The molecule has 458 valence electrons. The highest BCUT2D eigenvalue weighted by molar-refractivity contribution is 5.98. The molecule has 6 N–H and O–H groups in total. The number of nitrogens with two attached hydrogens (primary N) is 1. The van der Waals surface area contributed by atoms with Gasteiger partial charge >= 0.3 is 24.1 Å². The molecule has 0 saturated heterocycles. The zero-order valence-corrected chi connectivity index (χ0v) is 49.6. The minimum absolute atomic E-state index is 0. The summed E-state index contributed by atoms with van der Waals surface area (Å²) >= 11 is 0. The number of aromatic carboxylic acids is 1. The van der Waals surface area contributed by atoms with Gasteiger partial charge in [0.15, 0.2) is 46.5 Å². The first kappa shape index (κ1) is 65.6. The number of rotatable bonds is 8. The van der Waals surface area contributed by atoms with Gasteiger partial charge in [-0.3, -0.25) is 23.6 Å². The number of fused-ring (bicyclic) bond motifs is 3. The Morgan fingerprint density at radius 1 is 0.482 bits per heavy atom. The number of nitrogens with zero attached hydrogens (tertiary/aromatic N) is 9. The molecule has 0 spiro atoms. The van der Waals surface area contributed by atoms with E-state index in [2.05, 4.69) is 31.2 Å². The van der Waals surface area contributed by atoms with E-state index in [4.69, 9.17) is 10.8 Å². The number of hydrogen-bond donors (Lipinski definition) is 5. The first-order valence-electron chi connectivity index (χ1n) is 27.3. The molecule has 6 amide bonds. The van der Waals surface area contributed by atoms with Gasteiger partial charge in [-0.2, -0.15) is 15.3 Å². The molecule has 85 heavy (non-hydrogen) atoms. The zero-order valence-electron chi connectivity index (χ0n) is 49.6. The van der Waals surface area contributed by atoms with Crippen molar-refractivity contribution in [1.29, 1.82) is 0 Å². The molecular formula is C59H73F6N13O7. The maximum atomic E-state index is 13.4. The number of nitrogens with one attached hydrogen (secondary N) is 3. The van der Waals surface area contributed by atoms with Crippen LogP contribution in [0.2, 0.25) is 0 Å². The van der Waals surface area contributed by atoms with Gasteiger partial charge in [-0.1, -0.05) is 41.5 Å². The van der Waals surface area contributed by atoms with Crippen LogP contribution in [0.1, 0.15) is 144 Å². The van der Waals surface area contributed by atoms with Gasteiger partial charge < -0.3 is 41.5 Å². The number of ketones is 2. The van der Waals surface area contributed by atoms with E-state index in [9.17, 15) is 55.1 Å². The second kappa shape index (κ2) is 26.6. The average molecular weight is 1190 g/mol. The summed E-state index contributed by atoms with van der Waals surface area (Å²) in [6.07, 6.45) is 5.13. The molecule has 9 rings (SSSR count). The molecule has 6 aromatic rings. The summed E-state index contributed by atoms with van der Waals surface area (Å²) in [6, 6.07) is 7.42. The van der Waals surface area contributed by atoms with Crippen molar-refractivity contribution >= 4 is 52.7 Å². The lowest BCUT2D eigenvalue weighted by Gasteiger charge is -2.34. The molecule has 3 aromatic heterocycles. The molecule has 3 atom stereocenters. The minimum Gasteiger partial charge on any atom is -0.478 e. The van der Waals surface area contributed by atoms with Gasteiger partial charge in [-0.15, -0.1) is 0 Å². The van der Waals surface area contributed by atoms with Crippen molar-refractivity contribution in [2.24, 2.45) is 16.6 Å². The Balaban J connectivity index is 0.000000197. The van der Waals surface area contributed by atoms with Crippen molar-refractivity contribution < 1.29 is 60.2 Å². The Morgan fingerprint density at radius 2 is 0.741 bits per heavy atom. The van der Waals surface area contributed by atoms with Crippen LogP contribution in [-0.4, -0.2) is 108 Å². The van der Waals surface area contributed by atoms with Crippen LogP contribution in [0.4, 0.5) is 57.8 Å². The third-order valence-electron chi connectivity index (χ3n) is 13.2. The Morgan fingerprint density at radius 3 is 0.988 bits per heavy atom. The molecule has 6 heterocycles. The molecule has 0 bridgehead atoms. The Hall–Kier alpha value is -8.55. The highest BCUT2D eigenvalue weighted by atomic mass is 19.2. The number of aromatic nitrogens is 6. The minimum atomic E-state index is -1.12. The molecule has 3 aliphatic heterocycles. The van der Waals surface area contributed by atoms with Gasteiger partial charge in [0.2, 0.25) is 0 Å². The van der Waals surface area contributed by atoms with Gasteiger partial charge in [0.25, 0.3) is 0 Å². The summed E-state index contributed by atoms with van der Waals surface area (Å²) in [5, 5.41) is 29.4. The first-order chi connectivity index (χ1) is 39.5. The van der Waals surface area contributed by atoms with Crippen LogP contribution in [0.3, 0.4) is 0 Å². The highest BCUT2D eigenvalue weighted by Crippen LogP contribution is 2.30. The fourth-order valence-corrected chi connectivity index (χ4v) is 9.12. The largest absolute Gasteiger partial charge is 0.478 e. The predicted molar refractivity (Wildman–Crippen MR) is 306 cm³/mol. The lowest BCUT2D eigenvalue weighted by atomic mass is 9.88. The summed E-state index contributed by atoms with van der Waals surface area (Å²) in [6.45, 7) is 25.1. The van der Waals surface area contributed by atoms with Crippen LogP contribution in [0.15, 0.2) is 73.2 Å². The third-order valence-corrected chi connectivity index (χ3v) is 13.2. The lowest BCUT2D eigenvalue weighted by Crippen LogP contribution is -2.47. The number of benzene rings is 3. The molecule has 0 radical (unpaired) electrons. The quantitative estimate of drug-likeness (QED) is 0.0708. The normalized spacial score (nSPS) is 16.4. The maximum absolute atomic E-state index is 13.4. The second-order valence-corrected chi connectivity index (χ2v) is 24.7. The topological polar surface area (TPSA) is 248 Å². The van der Waals surface area contributed by atoms with E-state index in [1.807, 2.05) is 76.2 Å². The van der Waals surface area contributed by atoms with Crippen molar-refractivity contribution in [3.63, 3.8) is 0 Å². The molecule has 0 saturated carbocycles. The Labute approximate surface area is 488 Å².